The summed E-state index contributed by atoms with van der Waals surface area (Å²) in [4.78, 5) is 15.1. The van der Waals surface area contributed by atoms with Gasteiger partial charge >= 0.3 is 0 Å². The SMILES string of the molecule is CC1CCCN(C(C)(C)CNC(=O)C2CC23CCNCC3)C1. The first-order valence-corrected chi connectivity index (χ1v) is 9.16. The zero-order valence-electron chi connectivity index (χ0n) is 14.6. The van der Waals surface area contributed by atoms with Crippen LogP contribution in [-0.4, -0.2) is 49.1 Å². The topological polar surface area (TPSA) is 44.4 Å². The monoisotopic (exact) mass is 307 g/mol. The molecule has 0 aromatic rings. The molecule has 0 bridgehead atoms. The van der Waals surface area contributed by atoms with Crippen LogP contribution in [0.4, 0.5) is 0 Å². The molecule has 126 valence electrons. The van der Waals surface area contributed by atoms with Crippen molar-refractivity contribution in [2.45, 2.75) is 58.4 Å². The van der Waals surface area contributed by atoms with Crippen LogP contribution in [0.5, 0.6) is 0 Å². The molecular formula is C18H33N3O. The highest BCUT2D eigenvalue weighted by molar-refractivity contribution is 5.82. The number of carbonyl (C=O) groups excluding carboxylic acids is 1. The quantitative estimate of drug-likeness (QED) is 0.835. The molecule has 2 unspecified atom stereocenters. The van der Waals surface area contributed by atoms with Gasteiger partial charge in [0.25, 0.3) is 0 Å². The Kier molecular flexibility index (Phi) is 4.52. The first-order valence-electron chi connectivity index (χ1n) is 9.16. The van der Waals surface area contributed by atoms with E-state index in [0.717, 1.165) is 32.0 Å². The van der Waals surface area contributed by atoms with Crippen LogP contribution in [0.2, 0.25) is 0 Å². The van der Waals surface area contributed by atoms with Crippen molar-refractivity contribution in [2.75, 3.05) is 32.7 Å². The van der Waals surface area contributed by atoms with Crippen molar-refractivity contribution in [3.8, 4) is 0 Å². The summed E-state index contributed by atoms with van der Waals surface area (Å²) < 4.78 is 0. The lowest BCUT2D eigenvalue weighted by molar-refractivity contribution is -0.124. The van der Waals surface area contributed by atoms with Gasteiger partial charge in [0.15, 0.2) is 0 Å². The smallest absolute Gasteiger partial charge is 0.223 e. The van der Waals surface area contributed by atoms with Crippen molar-refractivity contribution in [3.05, 3.63) is 0 Å². The molecule has 1 spiro atoms. The Morgan fingerprint density at radius 2 is 2.09 bits per heavy atom. The summed E-state index contributed by atoms with van der Waals surface area (Å²) in [5.74, 6) is 1.37. The van der Waals surface area contributed by atoms with Crippen LogP contribution in [0, 0.1) is 17.3 Å². The number of hydrogen-bond acceptors (Lipinski definition) is 3. The molecule has 2 saturated heterocycles. The zero-order chi connectivity index (χ0) is 15.8. The molecule has 1 saturated carbocycles. The van der Waals surface area contributed by atoms with Crippen LogP contribution in [-0.2, 0) is 4.79 Å². The molecule has 4 nitrogen and oxygen atoms in total. The Morgan fingerprint density at radius 1 is 1.36 bits per heavy atom. The van der Waals surface area contributed by atoms with E-state index in [9.17, 15) is 4.79 Å². The number of nitrogens with one attached hydrogen (secondary N) is 2. The fraction of sp³-hybridized carbons (Fsp3) is 0.944. The van der Waals surface area contributed by atoms with Gasteiger partial charge < -0.3 is 10.6 Å². The van der Waals surface area contributed by atoms with Crippen LogP contribution < -0.4 is 10.6 Å². The molecule has 2 atom stereocenters. The number of piperidine rings is 2. The van der Waals surface area contributed by atoms with E-state index in [1.807, 2.05) is 0 Å². The lowest BCUT2D eigenvalue weighted by Gasteiger charge is -2.43. The summed E-state index contributed by atoms with van der Waals surface area (Å²) in [5, 5.41) is 6.67. The standard InChI is InChI=1S/C18H33N3O/c1-14-5-4-10-21(12-14)17(2,3)13-20-16(22)15-11-18(15)6-8-19-9-7-18/h14-15,19H,4-13H2,1-3H3,(H,20,22). The zero-order valence-corrected chi connectivity index (χ0v) is 14.6. The number of likely N-dealkylation sites (tertiary alicyclic amines) is 1. The van der Waals surface area contributed by atoms with E-state index in [0.29, 0.717) is 11.3 Å². The second-order valence-corrected chi connectivity index (χ2v) is 8.59. The van der Waals surface area contributed by atoms with E-state index >= 15 is 0 Å². The molecule has 1 amide bonds. The van der Waals surface area contributed by atoms with Crippen LogP contribution >= 0.6 is 0 Å². The van der Waals surface area contributed by atoms with E-state index in [4.69, 9.17) is 0 Å². The van der Waals surface area contributed by atoms with Gasteiger partial charge in [0, 0.05) is 24.5 Å². The molecule has 3 fully saturated rings. The third-order valence-electron chi connectivity index (χ3n) is 6.31. The minimum atomic E-state index is 0.0700. The first-order chi connectivity index (χ1) is 10.4. The molecule has 22 heavy (non-hydrogen) atoms. The normalized spacial score (nSPS) is 32.0. The molecule has 3 rings (SSSR count). The summed E-state index contributed by atoms with van der Waals surface area (Å²) in [7, 11) is 0. The minimum absolute atomic E-state index is 0.0700. The Balaban J connectivity index is 1.48. The van der Waals surface area contributed by atoms with Gasteiger partial charge in [-0.05, 0) is 76.9 Å². The summed E-state index contributed by atoms with van der Waals surface area (Å²) in [6.07, 6.45) is 6.10. The van der Waals surface area contributed by atoms with Gasteiger partial charge in [-0.15, -0.1) is 0 Å². The van der Waals surface area contributed by atoms with Crippen molar-refractivity contribution >= 4 is 5.91 Å². The molecule has 2 aliphatic heterocycles. The molecule has 1 aliphatic carbocycles. The van der Waals surface area contributed by atoms with Gasteiger partial charge in [-0.25, -0.2) is 0 Å². The average molecular weight is 307 g/mol. The number of amides is 1. The van der Waals surface area contributed by atoms with Gasteiger partial charge in [-0.1, -0.05) is 6.92 Å². The molecular weight excluding hydrogens is 274 g/mol. The highest BCUT2D eigenvalue weighted by Gasteiger charge is 2.57. The summed E-state index contributed by atoms with van der Waals surface area (Å²) >= 11 is 0. The van der Waals surface area contributed by atoms with Gasteiger partial charge in [0.05, 0.1) is 0 Å². The number of rotatable bonds is 4. The van der Waals surface area contributed by atoms with Crippen molar-refractivity contribution in [1.82, 2.24) is 15.5 Å². The maximum Gasteiger partial charge on any atom is 0.223 e. The molecule has 3 aliphatic rings. The highest BCUT2D eigenvalue weighted by atomic mass is 16.2. The second kappa shape index (κ2) is 6.12. The first kappa shape index (κ1) is 16.3. The molecule has 2 heterocycles. The molecule has 0 aromatic heterocycles. The third-order valence-corrected chi connectivity index (χ3v) is 6.31. The predicted molar refractivity (Wildman–Crippen MR) is 89.7 cm³/mol. The van der Waals surface area contributed by atoms with Crippen LogP contribution in [0.1, 0.15) is 52.9 Å². The largest absolute Gasteiger partial charge is 0.354 e. The highest BCUT2D eigenvalue weighted by Crippen LogP contribution is 2.58. The Morgan fingerprint density at radius 3 is 2.77 bits per heavy atom. The van der Waals surface area contributed by atoms with Crippen LogP contribution in [0.15, 0.2) is 0 Å². The number of carbonyl (C=O) groups is 1. The minimum Gasteiger partial charge on any atom is -0.354 e. The number of nitrogens with zero attached hydrogens (tertiary/aromatic N) is 1. The molecule has 2 N–H and O–H groups in total. The fourth-order valence-electron chi connectivity index (χ4n) is 4.47. The lowest BCUT2D eigenvalue weighted by Crippen LogP contribution is -2.55. The Hall–Kier alpha value is -0.610. The van der Waals surface area contributed by atoms with Gasteiger partial charge in [0.2, 0.25) is 5.91 Å². The van der Waals surface area contributed by atoms with Crippen molar-refractivity contribution < 1.29 is 4.79 Å². The Labute approximate surface area is 135 Å². The van der Waals surface area contributed by atoms with Crippen LogP contribution in [0.3, 0.4) is 0 Å². The summed E-state index contributed by atoms with van der Waals surface area (Å²) in [6.45, 7) is 12.2. The molecule has 0 radical (unpaired) electrons. The van der Waals surface area contributed by atoms with Crippen LogP contribution in [0.25, 0.3) is 0 Å². The average Bonchev–Trinajstić information content (AvgIpc) is 3.19. The predicted octanol–water partition coefficient (Wildman–Crippen LogP) is 2.00. The van der Waals surface area contributed by atoms with Gasteiger partial charge in [-0.3, -0.25) is 9.69 Å². The van der Waals surface area contributed by atoms with Gasteiger partial charge in [0.1, 0.15) is 0 Å². The maximum atomic E-state index is 12.5. The van der Waals surface area contributed by atoms with Crippen molar-refractivity contribution in [2.24, 2.45) is 17.3 Å². The molecule has 4 heteroatoms. The second-order valence-electron chi connectivity index (χ2n) is 8.59. The summed E-state index contributed by atoms with van der Waals surface area (Å²) in [5.41, 5.74) is 0.416. The van der Waals surface area contributed by atoms with Crippen molar-refractivity contribution in [3.63, 3.8) is 0 Å². The summed E-state index contributed by atoms with van der Waals surface area (Å²) in [6, 6.07) is 0. The van der Waals surface area contributed by atoms with Crippen molar-refractivity contribution in [1.29, 1.82) is 0 Å². The number of hydrogen-bond donors (Lipinski definition) is 2. The lowest BCUT2D eigenvalue weighted by atomic mass is 9.91. The van der Waals surface area contributed by atoms with E-state index < -0.39 is 0 Å². The third kappa shape index (κ3) is 3.33. The fourth-order valence-corrected chi connectivity index (χ4v) is 4.47. The van der Waals surface area contributed by atoms with Gasteiger partial charge in [-0.2, -0.15) is 0 Å². The Bertz CT molecular complexity index is 415. The maximum absolute atomic E-state index is 12.5. The molecule has 0 aromatic carbocycles. The van der Waals surface area contributed by atoms with E-state index in [2.05, 4.69) is 36.3 Å². The van der Waals surface area contributed by atoms with E-state index in [1.54, 1.807) is 0 Å². The van der Waals surface area contributed by atoms with E-state index in [1.165, 1.54) is 38.8 Å². The van der Waals surface area contributed by atoms with E-state index in [-0.39, 0.29) is 11.5 Å².